The summed E-state index contributed by atoms with van der Waals surface area (Å²) >= 11 is 6.64. The van der Waals surface area contributed by atoms with Crippen LogP contribution in [0.2, 0.25) is 5.02 Å². The summed E-state index contributed by atoms with van der Waals surface area (Å²) in [7, 11) is 4.84. The first-order valence-corrected chi connectivity index (χ1v) is 7.40. The van der Waals surface area contributed by atoms with Gasteiger partial charge in [0.05, 0.1) is 37.3 Å². The van der Waals surface area contributed by atoms with E-state index in [2.05, 4.69) is 4.98 Å². The molecule has 2 aromatic carbocycles. The van der Waals surface area contributed by atoms with Crippen LogP contribution in [-0.4, -0.2) is 26.3 Å². The number of nitrogens with zero attached hydrogens (tertiary/aromatic N) is 1. The van der Waals surface area contributed by atoms with E-state index in [1.165, 1.54) is 0 Å². The van der Waals surface area contributed by atoms with Crippen molar-refractivity contribution in [3.8, 4) is 28.4 Å². The highest BCUT2D eigenvalue weighted by Gasteiger charge is 2.14. The summed E-state index contributed by atoms with van der Waals surface area (Å²) in [5.74, 6) is 2.10. The highest BCUT2D eigenvalue weighted by molar-refractivity contribution is 6.38. The van der Waals surface area contributed by atoms with Crippen LogP contribution in [0.1, 0.15) is 0 Å². The number of pyridine rings is 1. The lowest BCUT2D eigenvalue weighted by atomic mass is 10.0. The molecule has 1 heterocycles. The third-order valence-electron chi connectivity index (χ3n) is 3.70. The lowest BCUT2D eigenvalue weighted by molar-refractivity contribution is 0.398. The molecule has 0 aliphatic heterocycles. The topological polar surface area (TPSA) is 40.6 Å². The minimum Gasteiger partial charge on any atom is -0.497 e. The van der Waals surface area contributed by atoms with Gasteiger partial charge in [-0.05, 0) is 17.7 Å². The maximum absolute atomic E-state index is 6.64. The lowest BCUT2D eigenvalue weighted by Gasteiger charge is -2.12. The smallest absolute Gasteiger partial charge is 0.133 e. The largest absolute Gasteiger partial charge is 0.497 e. The number of rotatable bonds is 4. The molecule has 5 heteroatoms. The van der Waals surface area contributed by atoms with Crippen LogP contribution in [0.4, 0.5) is 0 Å². The predicted molar refractivity (Wildman–Crippen MR) is 91.8 cm³/mol. The second-order valence-corrected chi connectivity index (χ2v) is 5.32. The average molecular weight is 330 g/mol. The van der Waals surface area contributed by atoms with E-state index in [1.54, 1.807) is 33.6 Å². The fraction of sp³-hybridized carbons (Fsp3) is 0.167. The minimum atomic E-state index is 0.597. The van der Waals surface area contributed by atoms with Crippen LogP contribution in [0, 0.1) is 0 Å². The number of halogens is 1. The van der Waals surface area contributed by atoms with Gasteiger partial charge >= 0.3 is 0 Å². The molecule has 1 aromatic heterocycles. The third kappa shape index (κ3) is 2.78. The molecule has 4 nitrogen and oxygen atoms in total. The number of ether oxygens (including phenoxy) is 3. The molecule has 0 saturated carbocycles. The van der Waals surface area contributed by atoms with Crippen LogP contribution in [-0.2, 0) is 0 Å². The van der Waals surface area contributed by atoms with Gasteiger partial charge in [-0.15, -0.1) is 0 Å². The van der Waals surface area contributed by atoms with Crippen molar-refractivity contribution in [3.63, 3.8) is 0 Å². The number of methoxy groups -OCH3 is 3. The average Bonchev–Trinajstić information content (AvgIpc) is 2.61. The highest BCUT2D eigenvalue weighted by Crippen LogP contribution is 2.40. The fourth-order valence-electron chi connectivity index (χ4n) is 2.47. The van der Waals surface area contributed by atoms with Crippen molar-refractivity contribution in [1.29, 1.82) is 0 Å². The van der Waals surface area contributed by atoms with Crippen molar-refractivity contribution in [3.05, 3.63) is 47.6 Å². The Bertz CT molecular complexity index is 847. The van der Waals surface area contributed by atoms with Crippen molar-refractivity contribution in [1.82, 2.24) is 4.98 Å². The molecule has 118 valence electrons. The number of aromatic nitrogens is 1. The third-order valence-corrected chi connectivity index (χ3v) is 4.09. The molecule has 0 atom stereocenters. The summed E-state index contributed by atoms with van der Waals surface area (Å²) in [5, 5.41) is 1.36. The molecular formula is C18H16ClNO3. The van der Waals surface area contributed by atoms with Gasteiger partial charge < -0.3 is 14.2 Å². The summed E-state index contributed by atoms with van der Waals surface area (Å²) in [4.78, 5) is 4.50. The first-order valence-electron chi connectivity index (χ1n) is 7.02. The van der Waals surface area contributed by atoms with Gasteiger partial charge in [0.2, 0.25) is 0 Å². The van der Waals surface area contributed by atoms with E-state index >= 15 is 0 Å². The summed E-state index contributed by atoms with van der Waals surface area (Å²) < 4.78 is 15.9. The Morgan fingerprint density at radius 3 is 2.17 bits per heavy atom. The molecule has 0 bridgehead atoms. The van der Waals surface area contributed by atoms with Gasteiger partial charge in [-0.1, -0.05) is 23.7 Å². The van der Waals surface area contributed by atoms with Crippen molar-refractivity contribution in [2.24, 2.45) is 0 Å². The molecule has 0 unspecified atom stereocenters. The minimum absolute atomic E-state index is 0.597. The summed E-state index contributed by atoms with van der Waals surface area (Å²) in [6.07, 6.45) is 1.76. The lowest BCUT2D eigenvalue weighted by Crippen LogP contribution is -1.93. The molecular weight excluding hydrogens is 314 g/mol. The Morgan fingerprint density at radius 1 is 0.870 bits per heavy atom. The maximum atomic E-state index is 6.64. The van der Waals surface area contributed by atoms with Gasteiger partial charge in [-0.3, -0.25) is 4.98 Å². The van der Waals surface area contributed by atoms with Crippen LogP contribution >= 0.6 is 11.6 Å². The quantitative estimate of drug-likeness (QED) is 0.702. The number of fused-ring (bicyclic) bond motifs is 1. The van der Waals surface area contributed by atoms with Gasteiger partial charge in [-0.25, -0.2) is 0 Å². The Morgan fingerprint density at radius 2 is 1.57 bits per heavy atom. The predicted octanol–water partition coefficient (Wildman–Crippen LogP) is 4.58. The first kappa shape index (κ1) is 15.4. The second kappa shape index (κ2) is 6.34. The Balaban J connectivity index is 2.21. The molecule has 0 spiro atoms. The molecule has 23 heavy (non-hydrogen) atoms. The Labute approximate surface area is 139 Å². The summed E-state index contributed by atoms with van der Waals surface area (Å²) in [5.41, 5.74) is 2.52. The number of hydrogen-bond acceptors (Lipinski definition) is 4. The van der Waals surface area contributed by atoms with E-state index in [-0.39, 0.29) is 0 Å². The molecule has 0 N–H and O–H groups in total. The molecule has 0 aliphatic rings. The molecule has 0 radical (unpaired) electrons. The molecule has 0 aliphatic carbocycles. The van der Waals surface area contributed by atoms with Gasteiger partial charge in [0, 0.05) is 23.9 Å². The van der Waals surface area contributed by atoms with E-state index < -0.39 is 0 Å². The molecule has 3 aromatic rings. The van der Waals surface area contributed by atoms with E-state index in [1.807, 2.05) is 30.3 Å². The highest BCUT2D eigenvalue weighted by atomic mass is 35.5. The summed E-state index contributed by atoms with van der Waals surface area (Å²) in [6.45, 7) is 0. The second-order valence-electron chi connectivity index (χ2n) is 4.94. The molecule has 0 saturated heterocycles. The van der Waals surface area contributed by atoms with E-state index in [0.717, 1.165) is 27.8 Å². The molecule has 0 amide bonds. The van der Waals surface area contributed by atoms with Crippen LogP contribution < -0.4 is 14.2 Å². The zero-order valence-electron chi connectivity index (χ0n) is 13.1. The van der Waals surface area contributed by atoms with Crippen LogP contribution in [0.15, 0.2) is 42.6 Å². The van der Waals surface area contributed by atoms with Gasteiger partial charge in [-0.2, -0.15) is 0 Å². The Kier molecular flexibility index (Phi) is 4.26. The van der Waals surface area contributed by atoms with Gasteiger partial charge in [0.1, 0.15) is 17.2 Å². The van der Waals surface area contributed by atoms with Crippen molar-refractivity contribution < 1.29 is 14.2 Å². The number of benzene rings is 2. The standard InChI is InChI=1S/C18H16ClNO3/c1-21-12-6-4-11(5-7-12)14-10-20-15-8-13(22-2)9-16(23-3)17(15)18(14)19/h4-10H,1-3H3. The van der Waals surface area contributed by atoms with Crippen LogP contribution in [0.5, 0.6) is 17.2 Å². The zero-order valence-corrected chi connectivity index (χ0v) is 13.8. The normalized spacial score (nSPS) is 10.6. The maximum Gasteiger partial charge on any atom is 0.133 e. The van der Waals surface area contributed by atoms with Gasteiger partial charge in [0.15, 0.2) is 0 Å². The van der Waals surface area contributed by atoms with Gasteiger partial charge in [0.25, 0.3) is 0 Å². The van der Waals surface area contributed by atoms with Crippen molar-refractivity contribution in [2.45, 2.75) is 0 Å². The molecule has 3 rings (SSSR count). The zero-order chi connectivity index (χ0) is 16.4. The van der Waals surface area contributed by atoms with Crippen molar-refractivity contribution >= 4 is 22.5 Å². The van der Waals surface area contributed by atoms with E-state index in [0.29, 0.717) is 16.5 Å². The van der Waals surface area contributed by atoms with Crippen LogP contribution in [0.25, 0.3) is 22.0 Å². The van der Waals surface area contributed by atoms with Crippen molar-refractivity contribution in [2.75, 3.05) is 21.3 Å². The molecule has 0 fully saturated rings. The van der Waals surface area contributed by atoms with Crippen LogP contribution in [0.3, 0.4) is 0 Å². The SMILES string of the molecule is COc1ccc(-c2cnc3cc(OC)cc(OC)c3c2Cl)cc1. The summed E-state index contributed by atoms with van der Waals surface area (Å²) in [6, 6.07) is 11.3. The first-order chi connectivity index (χ1) is 11.2. The number of hydrogen-bond donors (Lipinski definition) is 0. The monoisotopic (exact) mass is 329 g/mol. The van der Waals surface area contributed by atoms with E-state index in [4.69, 9.17) is 25.8 Å². The Hall–Kier alpha value is -2.46. The fourth-order valence-corrected chi connectivity index (χ4v) is 2.82. The van der Waals surface area contributed by atoms with E-state index in [9.17, 15) is 0 Å².